The first-order valence-electron chi connectivity index (χ1n) is 5.56. The van der Waals surface area contributed by atoms with Gasteiger partial charge in [0.15, 0.2) is 5.82 Å². The van der Waals surface area contributed by atoms with E-state index in [1.165, 1.54) is 0 Å². The average molecular weight is 354 g/mol. The smallest absolute Gasteiger partial charge is 0.161 e. The fourth-order valence-electron chi connectivity index (χ4n) is 1.62. The van der Waals surface area contributed by atoms with E-state index in [-0.39, 0.29) is 0 Å². The highest BCUT2D eigenvalue weighted by Crippen LogP contribution is 2.23. The minimum Gasteiger partial charge on any atom is -0.383 e. The number of anilines is 2. The number of aryl methyl sites for hydroxylation is 1. The van der Waals surface area contributed by atoms with Gasteiger partial charge in [0, 0.05) is 25.3 Å². The third-order valence-electron chi connectivity index (χ3n) is 2.68. The highest BCUT2D eigenvalue weighted by atomic mass is 127. The van der Waals surface area contributed by atoms with Gasteiger partial charge in [-0.25, -0.2) is 9.97 Å². The van der Waals surface area contributed by atoms with Crippen LogP contribution >= 0.6 is 22.6 Å². The molecule has 0 radical (unpaired) electrons. The van der Waals surface area contributed by atoms with Gasteiger partial charge < -0.3 is 10.6 Å². The highest BCUT2D eigenvalue weighted by molar-refractivity contribution is 14.1. The SMILES string of the molecule is Cc1nc(-c2ccc(N(C)C)cc2)nc(N)c1I. The van der Waals surface area contributed by atoms with Crippen molar-refractivity contribution in [2.45, 2.75) is 6.92 Å². The Bertz CT molecular complexity index is 541. The maximum atomic E-state index is 5.87. The van der Waals surface area contributed by atoms with Gasteiger partial charge in [-0.3, -0.25) is 0 Å². The molecule has 0 fully saturated rings. The fourth-order valence-corrected chi connectivity index (χ4v) is 1.86. The fraction of sp³-hybridized carbons (Fsp3) is 0.231. The minimum absolute atomic E-state index is 0.537. The molecule has 0 bridgehead atoms. The van der Waals surface area contributed by atoms with Crippen molar-refractivity contribution < 1.29 is 0 Å². The van der Waals surface area contributed by atoms with Crippen LogP contribution in [-0.2, 0) is 0 Å². The van der Waals surface area contributed by atoms with Crippen molar-refractivity contribution in [2.75, 3.05) is 24.7 Å². The molecule has 1 aromatic heterocycles. The van der Waals surface area contributed by atoms with E-state index in [9.17, 15) is 0 Å². The van der Waals surface area contributed by atoms with Gasteiger partial charge in [-0.2, -0.15) is 0 Å². The van der Waals surface area contributed by atoms with Gasteiger partial charge in [0.25, 0.3) is 0 Å². The first kappa shape index (κ1) is 13.1. The van der Waals surface area contributed by atoms with E-state index in [0.717, 1.165) is 20.5 Å². The second-order valence-corrected chi connectivity index (χ2v) is 5.35. The lowest BCUT2D eigenvalue weighted by atomic mass is 10.2. The summed E-state index contributed by atoms with van der Waals surface area (Å²) in [6.45, 7) is 1.94. The number of hydrogen-bond acceptors (Lipinski definition) is 4. The summed E-state index contributed by atoms with van der Waals surface area (Å²) in [5, 5.41) is 0. The Balaban J connectivity index is 2.43. The van der Waals surface area contributed by atoms with Gasteiger partial charge >= 0.3 is 0 Å². The van der Waals surface area contributed by atoms with Crippen molar-refractivity contribution in [1.82, 2.24) is 9.97 Å². The zero-order chi connectivity index (χ0) is 13.3. The Kier molecular flexibility index (Phi) is 3.70. The van der Waals surface area contributed by atoms with Crippen LogP contribution in [0, 0.1) is 10.5 Å². The molecule has 2 rings (SSSR count). The molecule has 5 heteroatoms. The van der Waals surface area contributed by atoms with Gasteiger partial charge in [-0.05, 0) is 53.8 Å². The molecule has 0 saturated heterocycles. The molecule has 0 aliphatic rings. The van der Waals surface area contributed by atoms with Gasteiger partial charge in [0.2, 0.25) is 0 Å². The molecule has 0 aliphatic carbocycles. The largest absolute Gasteiger partial charge is 0.383 e. The lowest BCUT2D eigenvalue weighted by molar-refractivity contribution is 1.10. The van der Waals surface area contributed by atoms with Crippen molar-refractivity contribution in [3.63, 3.8) is 0 Å². The van der Waals surface area contributed by atoms with Crippen molar-refractivity contribution >= 4 is 34.1 Å². The average Bonchev–Trinajstić information content (AvgIpc) is 2.35. The Morgan fingerprint density at radius 2 is 1.72 bits per heavy atom. The predicted octanol–water partition coefficient (Wildman–Crippen LogP) is 2.70. The second-order valence-electron chi connectivity index (χ2n) is 4.27. The van der Waals surface area contributed by atoms with Crippen molar-refractivity contribution in [3.05, 3.63) is 33.5 Å². The quantitative estimate of drug-likeness (QED) is 0.843. The van der Waals surface area contributed by atoms with Crippen LogP contribution in [0.25, 0.3) is 11.4 Å². The van der Waals surface area contributed by atoms with E-state index >= 15 is 0 Å². The Morgan fingerprint density at radius 1 is 1.11 bits per heavy atom. The van der Waals surface area contributed by atoms with Crippen LogP contribution in [0.2, 0.25) is 0 Å². The van der Waals surface area contributed by atoms with E-state index in [4.69, 9.17) is 5.73 Å². The number of rotatable bonds is 2. The van der Waals surface area contributed by atoms with E-state index < -0.39 is 0 Å². The molecule has 2 N–H and O–H groups in total. The standard InChI is InChI=1S/C13H15IN4/c1-8-11(14)12(15)17-13(16-8)9-4-6-10(7-5-9)18(2)3/h4-7H,1-3H3,(H2,15,16,17). The Labute approximate surface area is 120 Å². The van der Waals surface area contributed by atoms with Crippen LogP contribution in [0.5, 0.6) is 0 Å². The van der Waals surface area contributed by atoms with Gasteiger partial charge in [0.1, 0.15) is 5.82 Å². The topological polar surface area (TPSA) is 55.0 Å². The molecule has 0 aliphatic heterocycles. The van der Waals surface area contributed by atoms with Gasteiger partial charge in [0.05, 0.1) is 9.26 Å². The van der Waals surface area contributed by atoms with Crippen molar-refractivity contribution in [1.29, 1.82) is 0 Å². The molecule has 0 unspecified atom stereocenters. The molecule has 2 aromatic rings. The summed E-state index contributed by atoms with van der Waals surface area (Å²) in [7, 11) is 4.02. The van der Waals surface area contributed by atoms with E-state index in [1.54, 1.807) is 0 Å². The summed E-state index contributed by atoms with van der Waals surface area (Å²) in [5.41, 5.74) is 8.91. The van der Waals surface area contributed by atoms with E-state index in [0.29, 0.717) is 11.6 Å². The molecule has 0 spiro atoms. The maximum Gasteiger partial charge on any atom is 0.161 e. The normalized spacial score (nSPS) is 10.4. The molecule has 1 heterocycles. The number of hydrogen-bond donors (Lipinski definition) is 1. The number of nitrogen functional groups attached to an aromatic ring is 1. The van der Waals surface area contributed by atoms with Crippen LogP contribution in [0.15, 0.2) is 24.3 Å². The lowest BCUT2D eigenvalue weighted by Gasteiger charge is -2.12. The zero-order valence-corrected chi connectivity index (χ0v) is 12.8. The lowest BCUT2D eigenvalue weighted by Crippen LogP contribution is -2.08. The minimum atomic E-state index is 0.537. The van der Waals surface area contributed by atoms with Crippen LogP contribution in [0.4, 0.5) is 11.5 Å². The van der Waals surface area contributed by atoms with E-state index in [1.807, 2.05) is 45.3 Å². The molecular formula is C13H15IN4. The van der Waals surface area contributed by atoms with Crippen LogP contribution in [-0.4, -0.2) is 24.1 Å². The van der Waals surface area contributed by atoms with Gasteiger partial charge in [-0.15, -0.1) is 0 Å². The predicted molar refractivity (Wildman–Crippen MR) is 83.7 cm³/mol. The van der Waals surface area contributed by atoms with Crippen molar-refractivity contribution in [3.8, 4) is 11.4 Å². The summed E-state index contributed by atoms with van der Waals surface area (Å²) >= 11 is 2.16. The monoisotopic (exact) mass is 354 g/mol. The number of halogens is 1. The molecule has 0 amide bonds. The maximum absolute atomic E-state index is 5.87. The summed E-state index contributed by atoms with van der Waals surface area (Å²) in [4.78, 5) is 10.8. The van der Waals surface area contributed by atoms with Crippen LogP contribution in [0.1, 0.15) is 5.69 Å². The summed E-state index contributed by atoms with van der Waals surface area (Å²) in [6.07, 6.45) is 0. The molecular weight excluding hydrogens is 339 g/mol. The third-order valence-corrected chi connectivity index (χ3v) is 4.02. The Morgan fingerprint density at radius 3 is 2.22 bits per heavy atom. The van der Waals surface area contributed by atoms with E-state index in [2.05, 4.69) is 37.5 Å². The summed E-state index contributed by atoms with van der Waals surface area (Å²) < 4.78 is 0.918. The van der Waals surface area contributed by atoms with Crippen LogP contribution in [0.3, 0.4) is 0 Å². The number of nitrogens with two attached hydrogens (primary N) is 1. The van der Waals surface area contributed by atoms with Crippen molar-refractivity contribution in [2.24, 2.45) is 0 Å². The first-order chi connectivity index (χ1) is 8.49. The molecule has 1 aromatic carbocycles. The zero-order valence-electron chi connectivity index (χ0n) is 10.6. The number of aromatic nitrogens is 2. The van der Waals surface area contributed by atoms with Crippen LogP contribution < -0.4 is 10.6 Å². The summed E-state index contributed by atoms with van der Waals surface area (Å²) in [6, 6.07) is 8.11. The number of benzene rings is 1. The molecule has 18 heavy (non-hydrogen) atoms. The second kappa shape index (κ2) is 5.09. The summed E-state index contributed by atoms with van der Waals surface area (Å²) in [5.74, 6) is 1.21. The van der Waals surface area contributed by atoms with Gasteiger partial charge in [-0.1, -0.05) is 0 Å². The molecule has 0 atom stereocenters. The number of nitrogens with zero attached hydrogens (tertiary/aromatic N) is 3. The molecule has 4 nitrogen and oxygen atoms in total. The Hall–Kier alpha value is -1.37. The first-order valence-corrected chi connectivity index (χ1v) is 6.64. The molecule has 94 valence electrons. The third kappa shape index (κ3) is 2.55. The molecule has 0 saturated carbocycles. The highest BCUT2D eigenvalue weighted by Gasteiger charge is 2.08.